The Balaban J connectivity index is 1.29. The van der Waals surface area contributed by atoms with Gasteiger partial charge in [-0.3, -0.25) is 9.59 Å². The summed E-state index contributed by atoms with van der Waals surface area (Å²) < 4.78 is 26.5. The predicted octanol–water partition coefficient (Wildman–Crippen LogP) is 2.20. The number of hydrogen-bond acceptors (Lipinski definition) is 10. The number of fused-ring (bicyclic) bond motifs is 3. The molecule has 5 rings (SSSR count). The highest BCUT2D eigenvalue weighted by atomic mass is 32.2. The van der Waals surface area contributed by atoms with E-state index >= 15 is 0 Å². The van der Waals surface area contributed by atoms with Gasteiger partial charge in [-0.25, -0.2) is 8.42 Å². The highest BCUT2D eigenvalue weighted by Gasteiger charge is 2.33. The molecule has 12 nitrogen and oxygen atoms in total. The maximum absolute atomic E-state index is 13.2. The summed E-state index contributed by atoms with van der Waals surface area (Å²) >= 11 is 2.40. The minimum Gasteiger partial charge on any atom is -0.325 e. The van der Waals surface area contributed by atoms with Gasteiger partial charge in [0.05, 0.1) is 33.7 Å². The number of nitrogens with zero attached hydrogens (tertiary/aromatic N) is 4. The van der Waals surface area contributed by atoms with Crippen LogP contribution in [0.4, 0.5) is 11.4 Å². The van der Waals surface area contributed by atoms with Crippen LogP contribution in [-0.4, -0.2) is 62.6 Å². The van der Waals surface area contributed by atoms with Gasteiger partial charge < -0.3 is 10.6 Å². The monoisotopic (exact) mass is 528 g/mol. The number of sulfone groups is 1. The average Bonchev–Trinajstić information content (AvgIpc) is 3.59. The second-order valence-electron chi connectivity index (χ2n) is 7.22. The fourth-order valence-corrected chi connectivity index (χ4v) is 6.31. The molecule has 0 saturated heterocycles. The largest absolute Gasteiger partial charge is 0.325 e. The first-order valence-corrected chi connectivity index (χ1v) is 13.5. The molecule has 0 bridgehead atoms. The van der Waals surface area contributed by atoms with E-state index in [9.17, 15) is 18.0 Å². The van der Waals surface area contributed by atoms with Crippen LogP contribution in [0.3, 0.4) is 0 Å². The first kappa shape index (κ1) is 23.1. The van der Waals surface area contributed by atoms with Crippen molar-refractivity contribution in [1.82, 2.24) is 30.8 Å². The number of anilines is 2. The predicted molar refractivity (Wildman–Crippen MR) is 129 cm³/mol. The van der Waals surface area contributed by atoms with Crippen LogP contribution in [0.15, 0.2) is 68.6 Å². The van der Waals surface area contributed by atoms with E-state index < -0.39 is 9.84 Å². The molecule has 0 saturated carbocycles. The maximum Gasteiger partial charge on any atom is 0.234 e. The first-order valence-electron chi connectivity index (χ1n) is 10.0. The molecule has 0 aliphatic carbocycles. The summed E-state index contributed by atoms with van der Waals surface area (Å²) in [6.07, 6.45) is 3.01. The van der Waals surface area contributed by atoms with E-state index in [4.69, 9.17) is 0 Å². The van der Waals surface area contributed by atoms with Gasteiger partial charge in [0.1, 0.15) is 10.1 Å². The van der Waals surface area contributed by atoms with Crippen molar-refractivity contribution in [2.75, 3.05) is 22.1 Å². The summed E-state index contributed by atoms with van der Waals surface area (Å²) in [6.45, 7) is 0. The third kappa shape index (κ3) is 4.91. The molecule has 2 aromatic carbocycles. The van der Waals surface area contributed by atoms with Gasteiger partial charge in [-0.15, -0.1) is 10.2 Å². The zero-order valence-corrected chi connectivity index (χ0v) is 20.1. The van der Waals surface area contributed by atoms with Crippen LogP contribution in [-0.2, 0) is 19.4 Å². The van der Waals surface area contributed by atoms with Gasteiger partial charge in [0.2, 0.25) is 21.7 Å². The van der Waals surface area contributed by atoms with Crippen LogP contribution in [0, 0.1) is 0 Å². The molecule has 0 atom stereocenters. The molecule has 4 N–H and O–H groups in total. The molecule has 3 heterocycles. The zero-order chi connectivity index (χ0) is 24.4. The number of benzene rings is 2. The van der Waals surface area contributed by atoms with E-state index in [0.29, 0.717) is 32.6 Å². The van der Waals surface area contributed by atoms with Gasteiger partial charge in [0, 0.05) is 22.5 Å². The number of rotatable bonds is 8. The van der Waals surface area contributed by atoms with Crippen molar-refractivity contribution < 1.29 is 18.0 Å². The molecule has 2 aromatic heterocycles. The van der Waals surface area contributed by atoms with Gasteiger partial charge in [0.25, 0.3) is 0 Å². The van der Waals surface area contributed by atoms with Crippen LogP contribution in [0.25, 0.3) is 11.1 Å². The standard InChI is InChI=1S/C20H16N8O4S3/c29-17(9-33-19-7-21-27-25-19)23-11-1-3-13-14-4-2-12(6-16(14)35(31,32)15(13)5-11)24-18(30)10-34-20-8-22-28-26-20/h1-8H,9-10H2,(H,23,29)(H,24,30)(H,21,25,27)(H,22,26,28). The minimum atomic E-state index is -3.83. The molecule has 178 valence electrons. The van der Waals surface area contributed by atoms with Crippen LogP contribution in [0.2, 0.25) is 0 Å². The Kier molecular flexibility index (Phi) is 6.27. The normalized spacial score (nSPS) is 13.1. The van der Waals surface area contributed by atoms with E-state index in [2.05, 4.69) is 41.5 Å². The lowest BCUT2D eigenvalue weighted by molar-refractivity contribution is -0.114. The second kappa shape index (κ2) is 9.52. The summed E-state index contributed by atoms with van der Waals surface area (Å²) in [7, 11) is -3.83. The van der Waals surface area contributed by atoms with Crippen LogP contribution in [0.5, 0.6) is 0 Å². The third-order valence-electron chi connectivity index (χ3n) is 4.89. The number of aromatic nitrogens is 6. The number of thioether (sulfide) groups is 2. The van der Waals surface area contributed by atoms with Crippen molar-refractivity contribution in [2.45, 2.75) is 19.8 Å². The fourth-order valence-electron chi connectivity index (χ4n) is 3.40. The van der Waals surface area contributed by atoms with E-state index in [0.717, 1.165) is 0 Å². The van der Waals surface area contributed by atoms with Gasteiger partial charge in [-0.1, -0.05) is 35.7 Å². The lowest BCUT2D eigenvalue weighted by Crippen LogP contribution is -2.14. The summed E-state index contributed by atoms with van der Waals surface area (Å²) in [5.41, 5.74) is 1.80. The SMILES string of the molecule is O=C(CSc1cn[nH]n1)Nc1ccc2c(c1)S(=O)(=O)c1cc(NC(=O)CSc3cn[nH]n3)ccc1-2. The Hall–Kier alpha value is -3.69. The molecule has 0 radical (unpaired) electrons. The minimum absolute atomic E-state index is 0.0919. The number of amides is 2. The van der Waals surface area contributed by atoms with Crippen molar-refractivity contribution in [3.63, 3.8) is 0 Å². The second-order valence-corrected chi connectivity index (χ2v) is 11.1. The van der Waals surface area contributed by atoms with E-state index in [-0.39, 0.29) is 33.1 Å². The zero-order valence-electron chi connectivity index (χ0n) is 17.7. The quantitative estimate of drug-likeness (QED) is 0.218. The molecule has 0 unspecified atom stereocenters. The van der Waals surface area contributed by atoms with Gasteiger partial charge in [-0.05, 0) is 24.3 Å². The third-order valence-corrected chi connectivity index (χ3v) is 8.52. The number of carbonyl (C=O) groups is 2. The Morgan fingerprint density at radius 1 is 0.771 bits per heavy atom. The topological polar surface area (TPSA) is 175 Å². The van der Waals surface area contributed by atoms with Crippen molar-refractivity contribution in [3.05, 3.63) is 48.8 Å². The van der Waals surface area contributed by atoms with Crippen molar-refractivity contribution in [2.24, 2.45) is 0 Å². The summed E-state index contributed by atoms with van der Waals surface area (Å²) in [6, 6.07) is 9.50. The van der Waals surface area contributed by atoms with Gasteiger partial charge >= 0.3 is 0 Å². The molecule has 15 heteroatoms. The number of hydrogen-bond donors (Lipinski definition) is 4. The Bertz CT molecular complexity index is 1400. The molecule has 0 spiro atoms. The van der Waals surface area contributed by atoms with E-state index in [1.807, 2.05) is 0 Å². The summed E-state index contributed by atoms with van der Waals surface area (Å²) in [5, 5.41) is 26.6. The van der Waals surface area contributed by atoms with Crippen molar-refractivity contribution >= 4 is 56.6 Å². The van der Waals surface area contributed by atoms with Crippen molar-refractivity contribution in [1.29, 1.82) is 0 Å². The van der Waals surface area contributed by atoms with Crippen LogP contribution in [0.1, 0.15) is 0 Å². The Morgan fingerprint density at radius 2 is 1.23 bits per heavy atom. The number of aromatic amines is 2. The molecule has 1 aliphatic rings. The molecular formula is C20H16N8O4S3. The van der Waals surface area contributed by atoms with E-state index in [1.54, 1.807) is 24.3 Å². The smallest absolute Gasteiger partial charge is 0.234 e. The highest BCUT2D eigenvalue weighted by Crippen LogP contribution is 2.45. The summed E-state index contributed by atoms with van der Waals surface area (Å²) in [4.78, 5) is 24.7. The molecular weight excluding hydrogens is 512 g/mol. The highest BCUT2D eigenvalue weighted by molar-refractivity contribution is 8.00. The molecule has 0 fully saturated rings. The first-order chi connectivity index (χ1) is 16.9. The van der Waals surface area contributed by atoms with Crippen LogP contribution >= 0.6 is 23.5 Å². The molecule has 4 aromatic rings. The van der Waals surface area contributed by atoms with Crippen molar-refractivity contribution in [3.8, 4) is 11.1 Å². The Labute approximate surface area is 207 Å². The fraction of sp³-hybridized carbons (Fsp3) is 0.100. The number of carbonyl (C=O) groups excluding carboxylic acids is 2. The summed E-state index contributed by atoms with van der Waals surface area (Å²) in [5.74, 6) is -0.429. The van der Waals surface area contributed by atoms with Crippen LogP contribution < -0.4 is 10.6 Å². The lowest BCUT2D eigenvalue weighted by atomic mass is 10.0. The maximum atomic E-state index is 13.2. The lowest BCUT2D eigenvalue weighted by Gasteiger charge is -2.07. The molecule has 2 amide bonds. The molecule has 1 aliphatic heterocycles. The Morgan fingerprint density at radius 3 is 1.63 bits per heavy atom. The van der Waals surface area contributed by atoms with Gasteiger partial charge in [-0.2, -0.15) is 20.6 Å². The average molecular weight is 529 g/mol. The number of nitrogens with one attached hydrogen (secondary N) is 4. The number of H-pyrrole nitrogens is 2. The molecule has 35 heavy (non-hydrogen) atoms. The van der Waals surface area contributed by atoms with Gasteiger partial charge in [0.15, 0.2) is 0 Å². The van der Waals surface area contributed by atoms with E-state index in [1.165, 1.54) is 48.1 Å².